The van der Waals surface area contributed by atoms with Crippen LogP contribution < -0.4 is 14.8 Å². The maximum Gasteiger partial charge on any atom is 0.244 e. The normalized spacial score (nSPS) is 12.0. The smallest absolute Gasteiger partial charge is 0.244 e. The minimum Gasteiger partial charge on any atom is -0.493 e. The summed E-state index contributed by atoms with van der Waals surface area (Å²) < 4.78 is 23.9. The molecule has 0 saturated carbocycles. The lowest BCUT2D eigenvalue weighted by atomic mass is 10.2. The molecule has 1 aromatic heterocycles. The fourth-order valence-electron chi connectivity index (χ4n) is 1.97. The number of carbonyl (C=O) groups excluding carboxylic acids is 1. The molecular weight excluding hydrogens is 311 g/mol. The summed E-state index contributed by atoms with van der Waals surface area (Å²) in [5.74, 6) is 0.503. The third kappa shape index (κ3) is 5.39. The average molecular weight is 330 g/mol. The van der Waals surface area contributed by atoms with Crippen LogP contribution >= 0.6 is 0 Å². The van der Waals surface area contributed by atoms with Crippen molar-refractivity contribution in [2.75, 3.05) is 13.7 Å². The van der Waals surface area contributed by atoms with Crippen molar-refractivity contribution < 1.29 is 18.7 Å². The number of methoxy groups -OCH3 is 1. The van der Waals surface area contributed by atoms with Crippen molar-refractivity contribution in [2.45, 2.75) is 13.0 Å². The standard InChI is InChI=1S/C18H19FN2O3/c1-13(24-17-6-4-3-5-16(17)23-2)10-21-18(22)8-7-14-9-15(19)12-20-11-14/h3-9,11-13H,10H2,1-2H3,(H,21,22). The van der Waals surface area contributed by atoms with Gasteiger partial charge in [-0.15, -0.1) is 0 Å². The lowest BCUT2D eigenvalue weighted by Gasteiger charge is -2.16. The molecule has 0 spiro atoms. The van der Waals surface area contributed by atoms with Gasteiger partial charge in [0.25, 0.3) is 0 Å². The Bertz CT molecular complexity index is 719. The molecule has 1 N–H and O–H groups in total. The molecular formula is C18H19FN2O3. The average Bonchev–Trinajstić information content (AvgIpc) is 2.58. The number of aromatic nitrogens is 1. The highest BCUT2D eigenvalue weighted by Crippen LogP contribution is 2.26. The van der Waals surface area contributed by atoms with Gasteiger partial charge in [-0.2, -0.15) is 0 Å². The summed E-state index contributed by atoms with van der Waals surface area (Å²) in [5.41, 5.74) is 0.517. The van der Waals surface area contributed by atoms with Gasteiger partial charge < -0.3 is 14.8 Å². The first-order chi connectivity index (χ1) is 11.6. The minimum atomic E-state index is -0.448. The molecule has 0 fully saturated rings. The summed E-state index contributed by atoms with van der Waals surface area (Å²) >= 11 is 0. The van der Waals surface area contributed by atoms with Gasteiger partial charge in [-0.05, 0) is 36.8 Å². The fourth-order valence-corrected chi connectivity index (χ4v) is 1.97. The molecule has 0 radical (unpaired) electrons. The van der Waals surface area contributed by atoms with Crippen LogP contribution in [0.2, 0.25) is 0 Å². The Morgan fingerprint density at radius 1 is 1.33 bits per heavy atom. The van der Waals surface area contributed by atoms with E-state index in [2.05, 4.69) is 10.3 Å². The highest BCUT2D eigenvalue weighted by molar-refractivity contribution is 5.91. The molecule has 5 nitrogen and oxygen atoms in total. The molecule has 6 heteroatoms. The predicted molar refractivity (Wildman–Crippen MR) is 89.3 cm³/mol. The molecule has 1 heterocycles. The molecule has 1 unspecified atom stereocenters. The second-order valence-corrected chi connectivity index (χ2v) is 5.09. The number of halogens is 1. The predicted octanol–water partition coefficient (Wildman–Crippen LogP) is 2.83. The Morgan fingerprint density at radius 2 is 2.08 bits per heavy atom. The van der Waals surface area contributed by atoms with Crippen LogP contribution in [0.3, 0.4) is 0 Å². The van der Waals surface area contributed by atoms with Crippen LogP contribution in [0.5, 0.6) is 11.5 Å². The van der Waals surface area contributed by atoms with E-state index >= 15 is 0 Å². The summed E-state index contributed by atoms with van der Waals surface area (Å²) in [5, 5.41) is 2.72. The fraction of sp³-hybridized carbons (Fsp3) is 0.222. The number of carbonyl (C=O) groups is 1. The van der Waals surface area contributed by atoms with E-state index in [1.165, 1.54) is 24.4 Å². The van der Waals surface area contributed by atoms with Gasteiger partial charge in [0, 0.05) is 12.3 Å². The third-order valence-electron chi connectivity index (χ3n) is 3.11. The first kappa shape index (κ1) is 17.5. The van der Waals surface area contributed by atoms with Gasteiger partial charge in [0.2, 0.25) is 5.91 Å². The van der Waals surface area contributed by atoms with E-state index in [0.29, 0.717) is 23.6 Å². The summed E-state index contributed by atoms with van der Waals surface area (Å²) in [7, 11) is 1.57. The van der Waals surface area contributed by atoms with E-state index in [-0.39, 0.29) is 12.0 Å². The lowest BCUT2D eigenvalue weighted by molar-refractivity contribution is -0.116. The van der Waals surface area contributed by atoms with E-state index in [1.54, 1.807) is 19.2 Å². The van der Waals surface area contributed by atoms with Crippen LogP contribution in [0.15, 0.2) is 48.8 Å². The molecule has 126 valence electrons. The van der Waals surface area contributed by atoms with Gasteiger partial charge in [-0.3, -0.25) is 9.78 Å². The first-order valence-electron chi connectivity index (χ1n) is 7.44. The maximum absolute atomic E-state index is 13.0. The number of pyridine rings is 1. The summed E-state index contributed by atoms with van der Waals surface area (Å²) in [6.45, 7) is 2.16. The zero-order chi connectivity index (χ0) is 17.4. The quantitative estimate of drug-likeness (QED) is 0.793. The number of ether oxygens (including phenoxy) is 2. The van der Waals surface area contributed by atoms with Crippen molar-refractivity contribution in [1.29, 1.82) is 0 Å². The first-order valence-corrected chi connectivity index (χ1v) is 7.44. The molecule has 24 heavy (non-hydrogen) atoms. The molecule has 0 bridgehead atoms. The molecule has 0 aliphatic rings. The van der Waals surface area contributed by atoms with Crippen molar-refractivity contribution in [3.63, 3.8) is 0 Å². The Morgan fingerprint density at radius 3 is 2.79 bits per heavy atom. The number of hydrogen-bond acceptors (Lipinski definition) is 4. The van der Waals surface area contributed by atoms with E-state index in [0.717, 1.165) is 6.20 Å². The SMILES string of the molecule is COc1ccccc1OC(C)CNC(=O)C=Cc1cncc(F)c1. The molecule has 1 amide bonds. The maximum atomic E-state index is 13.0. The minimum absolute atomic E-state index is 0.241. The van der Waals surface area contributed by atoms with Gasteiger partial charge in [0.1, 0.15) is 11.9 Å². The van der Waals surface area contributed by atoms with Crippen LogP contribution in [0.1, 0.15) is 12.5 Å². The van der Waals surface area contributed by atoms with E-state index in [1.807, 2.05) is 19.1 Å². The monoisotopic (exact) mass is 330 g/mol. The molecule has 2 aromatic rings. The number of nitrogens with zero attached hydrogens (tertiary/aromatic N) is 1. The summed E-state index contributed by atoms with van der Waals surface area (Å²) in [4.78, 5) is 15.5. The van der Waals surface area contributed by atoms with Gasteiger partial charge >= 0.3 is 0 Å². The Balaban J connectivity index is 1.83. The van der Waals surface area contributed by atoms with Gasteiger partial charge in [-0.25, -0.2) is 4.39 Å². The molecule has 0 saturated heterocycles. The third-order valence-corrected chi connectivity index (χ3v) is 3.11. The number of amides is 1. The Labute approximate surface area is 140 Å². The number of hydrogen-bond donors (Lipinski definition) is 1. The zero-order valence-corrected chi connectivity index (χ0v) is 13.5. The lowest BCUT2D eigenvalue weighted by Crippen LogP contribution is -2.32. The molecule has 0 aliphatic heterocycles. The molecule has 2 rings (SSSR count). The second-order valence-electron chi connectivity index (χ2n) is 5.09. The second kappa shape index (κ2) is 8.67. The molecule has 1 atom stereocenters. The van der Waals surface area contributed by atoms with Crippen molar-refractivity contribution >= 4 is 12.0 Å². The van der Waals surface area contributed by atoms with E-state index in [4.69, 9.17) is 9.47 Å². The van der Waals surface area contributed by atoms with Gasteiger partial charge in [-0.1, -0.05) is 12.1 Å². The topological polar surface area (TPSA) is 60.5 Å². The summed E-state index contributed by atoms with van der Waals surface area (Å²) in [6.07, 6.45) is 5.16. The van der Waals surface area contributed by atoms with Crippen LogP contribution in [0, 0.1) is 5.82 Å². The Kier molecular flexibility index (Phi) is 6.31. The number of nitrogens with one attached hydrogen (secondary N) is 1. The van der Waals surface area contributed by atoms with Crippen LogP contribution in [-0.2, 0) is 4.79 Å². The highest BCUT2D eigenvalue weighted by atomic mass is 19.1. The highest BCUT2D eigenvalue weighted by Gasteiger charge is 2.09. The number of rotatable bonds is 7. The van der Waals surface area contributed by atoms with Crippen LogP contribution in [0.4, 0.5) is 4.39 Å². The van der Waals surface area contributed by atoms with Gasteiger partial charge in [0.05, 0.1) is 19.9 Å². The van der Waals surface area contributed by atoms with Crippen LogP contribution in [0.25, 0.3) is 6.08 Å². The summed E-state index contributed by atoms with van der Waals surface area (Å²) in [6, 6.07) is 8.59. The molecule has 0 aliphatic carbocycles. The zero-order valence-electron chi connectivity index (χ0n) is 13.5. The van der Waals surface area contributed by atoms with E-state index < -0.39 is 5.82 Å². The largest absolute Gasteiger partial charge is 0.493 e. The van der Waals surface area contributed by atoms with E-state index in [9.17, 15) is 9.18 Å². The number of para-hydroxylation sites is 2. The number of benzene rings is 1. The van der Waals surface area contributed by atoms with Crippen molar-refractivity contribution in [1.82, 2.24) is 10.3 Å². The van der Waals surface area contributed by atoms with Crippen LogP contribution in [-0.4, -0.2) is 30.6 Å². The van der Waals surface area contributed by atoms with Gasteiger partial charge in [0.15, 0.2) is 11.5 Å². The molecule has 1 aromatic carbocycles. The Hall–Kier alpha value is -2.89. The van der Waals surface area contributed by atoms with Crippen molar-refractivity contribution in [2.24, 2.45) is 0 Å². The van der Waals surface area contributed by atoms with Crippen molar-refractivity contribution in [3.8, 4) is 11.5 Å². The van der Waals surface area contributed by atoms with Crippen molar-refractivity contribution in [3.05, 3.63) is 60.2 Å².